The highest BCUT2D eigenvalue weighted by molar-refractivity contribution is 6.06. The molecule has 2 rings (SSSR count). The van der Waals surface area contributed by atoms with Crippen molar-refractivity contribution in [3.63, 3.8) is 0 Å². The highest BCUT2D eigenvalue weighted by atomic mass is 16.2. The summed E-state index contributed by atoms with van der Waals surface area (Å²) in [7, 11) is 1.83. The maximum Gasteiger partial charge on any atom is 0.254 e. The lowest BCUT2D eigenvalue weighted by Crippen LogP contribution is -2.38. The number of rotatable bonds is 3. The molecule has 0 aliphatic rings. The molecule has 0 fully saturated rings. The Bertz CT molecular complexity index is 637. The molecule has 1 heterocycles. The number of amides is 1. The zero-order chi connectivity index (χ0) is 14.9. The summed E-state index contributed by atoms with van der Waals surface area (Å²) in [5.41, 5.74) is 7.18. The maximum absolute atomic E-state index is 12.7. The third-order valence-electron chi connectivity index (χ3n) is 3.86. The fraction of sp³-hybridized carbons (Fsp3) is 0.375. The van der Waals surface area contributed by atoms with E-state index in [4.69, 9.17) is 5.73 Å². The topological polar surface area (TPSA) is 59.2 Å². The Balaban J connectivity index is 2.49. The van der Waals surface area contributed by atoms with Crippen LogP contribution >= 0.6 is 0 Å². The van der Waals surface area contributed by atoms with Gasteiger partial charge in [-0.2, -0.15) is 0 Å². The monoisotopic (exact) mass is 271 g/mol. The van der Waals surface area contributed by atoms with Gasteiger partial charge in [-0.1, -0.05) is 32.0 Å². The van der Waals surface area contributed by atoms with E-state index >= 15 is 0 Å². The van der Waals surface area contributed by atoms with E-state index < -0.39 is 0 Å². The van der Waals surface area contributed by atoms with Gasteiger partial charge in [0.25, 0.3) is 5.91 Å². The van der Waals surface area contributed by atoms with Gasteiger partial charge in [-0.05, 0) is 25.0 Å². The molecule has 0 radical (unpaired) electrons. The largest absolute Gasteiger partial charge is 0.384 e. The minimum absolute atomic E-state index is 0.0171. The predicted molar refractivity (Wildman–Crippen MR) is 82.5 cm³/mol. The molecule has 0 saturated heterocycles. The predicted octanol–water partition coefficient (Wildman–Crippen LogP) is 2.93. The highest BCUT2D eigenvalue weighted by Crippen LogP contribution is 2.22. The van der Waals surface area contributed by atoms with Crippen LogP contribution in [0, 0.1) is 5.92 Å². The Morgan fingerprint density at radius 1 is 1.25 bits per heavy atom. The molecule has 0 aliphatic carbocycles. The first-order chi connectivity index (χ1) is 9.41. The van der Waals surface area contributed by atoms with E-state index in [1.165, 1.54) is 0 Å². The summed E-state index contributed by atoms with van der Waals surface area (Å²) in [6, 6.07) is 9.40. The molecule has 1 atom stereocenters. The fourth-order valence-corrected chi connectivity index (χ4v) is 2.19. The van der Waals surface area contributed by atoms with Crippen molar-refractivity contribution in [1.29, 1.82) is 0 Å². The van der Waals surface area contributed by atoms with Gasteiger partial charge in [-0.15, -0.1) is 0 Å². The van der Waals surface area contributed by atoms with Gasteiger partial charge in [0.15, 0.2) is 0 Å². The third kappa shape index (κ3) is 2.59. The second-order valence-electron chi connectivity index (χ2n) is 5.51. The molecule has 0 spiro atoms. The highest BCUT2D eigenvalue weighted by Gasteiger charge is 2.22. The van der Waals surface area contributed by atoms with Crippen LogP contribution < -0.4 is 5.73 Å². The zero-order valence-corrected chi connectivity index (χ0v) is 12.4. The molecular weight excluding hydrogens is 250 g/mol. The van der Waals surface area contributed by atoms with Gasteiger partial charge in [0.2, 0.25) is 0 Å². The van der Waals surface area contributed by atoms with Crippen molar-refractivity contribution in [3.8, 4) is 0 Å². The van der Waals surface area contributed by atoms with Gasteiger partial charge in [0.05, 0.1) is 11.1 Å². The van der Waals surface area contributed by atoms with E-state index in [9.17, 15) is 4.79 Å². The number of anilines is 1. The summed E-state index contributed by atoms with van der Waals surface area (Å²) >= 11 is 0. The molecule has 106 valence electrons. The molecule has 2 aromatic rings. The summed E-state index contributed by atoms with van der Waals surface area (Å²) in [5.74, 6) is 0.753. The molecule has 4 nitrogen and oxygen atoms in total. The van der Waals surface area contributed by atoms with E-state index in [1.807, 2.05) is 31.3 Å². The van der Waals surface area contributed by atoms with Crippen molar-refractivity contribution < 1.29 is 4.79 Å². The normalized spacial score (nSPS) is 12.7. The van der Waals surface area contributed by atoms with E-state index in [1.54, 1.807) is 11.0 Å². The van der Waals surface area contributed by atoms with Crippen LogP contribution in [0.25, 0.3) is 10.9 Å². The zero-order valence-electron chi connectivity index (χ0n) is 12.4. The number of para-hydroxylation sites is 1. The number of nitrogen functional groups attached to an aromatic ring is 1. The average Bonchev–Trinajstić information content (AvgIpc) is 2.43. The average molecular weight is 271 g/mol. The summed E-state index contributed by atoms with van der Waals surface area (Å²) in [5, 5.41) is 0.842. The van der Waals surface area contributed by atoms with E-state index in [0.717, 1.165) is 10.9 Å². The van der Waals surface area contributed by atoms with Gasteiger partial charge in [0, 0.05) is 18.5 Å². The minimum atomic E-state index is -0.0171. The molecule has 4 heteroatoms. The van der Waals surface area contributed by atoms with Crippen LogP contribution in [0.2, 0.25) is 0 Å². The first-order valence-corrected chi connectivity index (χ1v) is 6.84. The molecule has 0 saturated carbocycles. The second kappa shape index (κ2) is 5.49. The van der Waals surface area contributed by atoms with Crippen LogP contribution in [-0.2, 0) is 0 Å². The molecular formula is C16H21N3O. The lowest BCUT2D eigenvalue weighted by Gasteiger charge is -2.28. The SMILES string of the molecule is CC(C)C(C)N(C)C(=O)c1cc(N)nc2ccccc12. The summed E-state index contributed by atoms with van der Waals surface area (Å²) < 4.78 is 0. The lowest BCUT2D eigenvalue weighted by atomic mass is 10.0. The quantitative estimate of drug-likeness (QED) is 0.933. The summed E-state index contributed by atoms with van der Waals surface area (Å²) in [4.78, 5) is 18.7. The number of aromatic nitrogens is 1. The Labute approximate surface area is 119 Å². The number of benzene rings is 1. The van der Waals surface area contributed by atoms with Crippen molar-refractivity contribution in [3.05, 3.63) is 35.9 Å². The second-order valence-corrected chi connectivity index (χ2v) is 5.51. The molecule has 1 unspecified atom stereocenters. The Morgan fingerprint density at radius 2 is 1.90 bits per heavy atom. The van der Waals surface area contributed by atoms with Gasteiger partial charge < -0.3 is 10.6 Å². The lowest BCUT2D eigenvalue weighted by molar-refractivity contribution is 0.0709. The van der Waals surface area contributed by atoms with Gasteiger partial charge in [-0.25, -0.2) is 4.98 Å². The molecule has 0 bridgehead atoms. The fourth-order valence-electron chi connectivity index (χ4n) is 2.19. The number of carbonyl (C=O) groups excluding carboxylic acids is 1. The van der Waals surface area contributed by atoms with Crippen LogP contribution in [0.1, 0.15) is 31.1 Å². The number of fused-ring (bicyclic) bond motifs is 1. The van der Waals surface area contributed by atoms with Crippen LogP contribution in [0.3, 0.4) is 0 Å². The summed E-state index contributed by atoms with van der Waals surface area (Å²) in [6.45, 7) is 6.26. The Kier molecular flexibility index (Phi) is 3.93. The third-order valence-corrected chi connectivity index (χ3v) is 3.86. The standard InChI is InChI=1S/C16H21N3O/c1-10(2)11(3)19(4)16(20)13-9-15(17)18-14-8-6-5-7-12(13)14/h5-11H,1-4H3,(H2,17,18). The molecule has 2 N–H and O–H groups in total. The number of carbonyl (C=O) groups is 1. The first-order valence-electron chi connectivity index (χ1n) is 6.84. The number of nitrogens with two attached hydrogens (primary N) is 1. The van der Waals surface area contributed by atoms with Crippen LogP contribution in [-0.4, -0.2) is 28.9 Å². The number of pyridine rings is 1. The van der Waals surface area contributed by atoms with Gasteiger partial charge >= 0.3 is 0 Å². The van der Waals surface area contributed by atoms with Gasteiger partial charge in [-0.3, -0.25) is 4.79 Å². The smallest absolute Gasteiger partial charge is 0.254 e. The molecule has 1 aromatic carbocycles. The number of nitrogens with zero attached hydrogens (tertiary/aromatic N) is 2. The van der Waals surface area contributed by atoms with E-state index in [2.05, 4.69) is 25.8 Å². The molecule has 1 aromatic heterocycles. The number of hydrogen-bond donors (Lipinski definition) is 1. The molecule has 1 amide bonds. The van der Waals surface area contributed by atoms with Crippen molar-refractivity contribution in [1.82, 2.24) is 9.88 Å². The van der Waals surface area contributed by atoms with Crippen LogP contribution in [0.5, 0.6) is 0 Å². The Morgan fingerprint density at radius 3 is 2.55 bits per heavy atom. The van der Waals surface area contributed by atoms with E-state index in [0.29, 0.717) is 17.3 Å². The maximum atomic E-state index is 12.7. The first kappa shape index (κ1) is 14.3. The van der Waals surface area contributed by atoms with Crippen molar-refractivity contribution in [2.45, 2.75) is 26.8 Å². The minimum Gasteiger partial charge on any atom is -0.384 e. The van der Waals surface area contributed by atoms with Crippen LogP contribution in [0.4, 0.5) is 5.82 Å². The van der Waals surface area contributed by atoms with E-state index in [-0.39, 0.29) is 11.9 Å². The molecule has 0 aliphatic heterocycles. The van der Waals surface area contributed by atoms with Crippen molar-refractivity contribution >= 4 is 22.6 Å². The van der Waals surface area contributed by atoms with Gasteiger partial charge in [0.1, 0.15) is 5.82 Å². The number of hydrogen-bond acceptors (Lipinski definition) is 3. The molecule has 20 heavy (non-hydrogen) atoms. The van der Waals surface area contributed by atoms with Crippen molar-refractivity contribution in [2.24, 2.45) is 5.92 Å². The summed E-state index contributed by atoms with van der Waals surface area (Å²) in [6.07, 6.45) is 0. The van der Waals surface area contributed by atoms with Crippen molar-refractivity contribution in [2.75, 3.05) is 12.8 Å². The van der Waals surface area contributed by atoms with Crippen LogP contribution in [0.15, 0.2) is 30.3 Å². The Hall–Kier alpha value is -2.10.